The van der Waals surface area contributed by atoms with Crippen molar-refractivity contribution < 1.29 is 4.74 Å². The van der Waals surface area contributed by atoms with Gasteiger partial charge in [0.2, 0.25) is 0 Å². The Labute approximate surface area is 104 Å². The van der Waals surface area contributed by atoms with E-state index in [-0.39, 0.29) is 0 Å². The topological polar surface area (TPSA) is 33.3 Å². The van der Waals surface area contributed by atoms with Crippen LogP contribution in [-0.4, -0.2) is 26.3 Å². The second-order valence-corrected chi connectivity index (χ2v) is 4.37. The third kappa shape index (κ3) is 3.53. The molecule has 1 aromatic carbocycles. The molecule has 17 heavy (non-hydrogen) atoms. The molecule has 1 atom stereocenters. The first-order valence-corrected chi connectivity index (χ1v) is 6.51. The maximum atomic E-state index is 5.37. The predicted octanol–water partition coefficient (Wildman–Crippen LogP) is 1.85. The lowest BCUT2D eigenvalue weighted by molar-refractivity contribution is 0.146. The molecule has 0 bridgehead atoms. The van der Waals surface area contributed by atoms with Crippen LogP contribution >= 0.6 is 0 Å². The number of benzene rings is 1. The van der Waals surface area contributed by atoms with Crippen molar-refractivity contribution in [1.82, 2.24) is 10.6 Å². The first kappa shape index (κ1) is 12.6. The van der Waals surface area contributed by atoms with E-state index in [2.05, 4.69) is 34.9 Å². The van der Waals surface area contributed by atoms with E-state index in [4.69, 9.17) is 4.74 Å². The monoisotopic (exact) mass is 234 g/mol. The highest BCUT2D eigenvalue weighted by Crippen LogP contribution is 2.22. The summed E-state index contributed by atoms with van der Waals surface area (Å²) in [5.74, 6) is 0. The van der Waals surface area contributed by atoms with E-state index in [0.29, 0.717) is 6.04 Å². The molecule has 0 amide bonds. The number of rotatable bonds is 5. The summed E-state index contributed by atoms with van der Waals surface area (Å²) in [7, 11) is 0. The quantitative estimate of drug-likeness (QED) is 0.763. The number of fused-ring (bicyclic) bond motifs is 1. The number of hydrogen-bond donors (Lipinski definition) is 2. The Balaban J connectivity index is 1.97. The lowest BCUT2D eigenvalue weighted by Crippen LogP contribution is -2.26. The fourth-order valence-electron chi connectivity index (χ4n) is 2.32. The normalized spacial score (nSPS) is 19.7. The summed E-state index contributed by atoms with van der Waals surface area (Å²) in [6.45, 7) is 6.60. The van der Waals surface area contributed by atoms with E-state index in [1.54, 1.807) is 0 Å². The fourth-order valence-corrected chi connectivity index (χ4v) is 2.32. The Kier molecular flexibility index (Phi) is 4.98. The van der Waals surface area contributed by atoms with Crippen molar-refractivity contribution in [3.63, 3.8) is 0 Å². The summed E-state index contributed by atoms with van der Waals surface area (Å²) in [6.07, 6.45) is 1.14. The largest absolute Gasteiger partial charge is 0.380 e. The van der Waals surface area contributed by atoms with Gasteiger partial charge in [0.1, 0.15) is 0 Å². The SMILES string of the molecule is CCOCCNC1CCNCc2ccccc21. The first-order chi connectivity index (χ1) is 8.42. The summed E-state index contributed by atoms with van der Waals surface area (Å²) in [5, 5.41) is 7.05. The fraction of sp³-hybridized carbons (Fsp3) is 0.571. The molecule has 0 radical (unpaired) electrons. The van der Waals surface area contributed by atoms with Crippen molar-refractivity contribution in [2.24, 2.45) is 0 Å². The molecule has 0 aromatic heterocycles. The van der Waals surface area contributed by atoms with Crippen molar-refractivity contribution in [1.29, 1.82) is 0 Å². The Morgan fingerprint density at radius 3 is 3.18 bits per heavy atom. The third-order valence-corrected chi connectivity index (χ3v) is 3.20. The molecular formula is C14H22N2O. The van der Waals surface area contributed by atoms with Crippen molar-refractivity contribution >= 4 is 0 Å². The van der Waals surface area contributed by atoms with Gasteiger partial charge in [-0.25, -0.2) is 0 Å². The van der Waals surface area contributed by atoms with E-state index in [1.807, 2.05) is 6.92 Å². The van der Waals surface area contributed by atoms with Crippen LogP contribution in [0.2, 0.25) is 0 Å². The zero-order chi connectivity index (χ0) is 11.9. The molecule has 2 N–H and O–H groups in total. The zero-order valence-corrected chi connectivity index (χ0v) is 10.5. The van der Waals surface area contributed by atoms with Crippen LogP contribution in [-0.2, 0) is 11.3 Å². The lowest BCUT2D eigenvalue weighted by atomic mass is 9.99. The molecule has 1 aliphatic heterocycles. The van der Waals surface area contributed by atoms with Crippen LogP contribution < -0.4 is 10.6 Å². The van der Waals surface area contributed by atoms with E-state index < -0.39 is 0 Å². The highest BCUT2D eigenvalue weighted by molar-refractivity contribution is 5.30. The lowest BCUT2D eigenvalue weighted by Gasteiger charge is -2.18. The minimum Gasteiger partial charge on any atom is -0.380 e. The number of nitrogens with one attached hydrogen (secondary N) is 2. The van der Waals surface area contributed by atoms with Crippen molar-refractivity contribution in [2.45, 2.75) is 25.9 Å². The number of hydrogen-bond acceptors (Lipinski definition) is 3. The average Bonchev–Trinajstić information content (AvgIpc) is 2.57. The molecule has 3 nitrogen and oxygen atoms in total. The molecule has 0 saturated heterocycles. The molecule has 1 heterocycles. The average molecular weight is 234 g/mol. The van der Waals surface area contributed by atoms with Gasteiger partial charge in [0, 0.05) is 25.7 Å². The molecule has 1 unspecified atom stereocenters. The standard InChI is InChI=1S/C14H22N2O/c1-2-17-10-9-16-14-7-8-15-11-12-5-3-4-6-13(12)14/h3-6,14-16H,2,7-11H2,1H3. The van der Waals surface area contributed by atoms with Crippen LogP contribution in [0.5, 0.6) is 0 Å². The molecular weight excluding hydrogens is 212 g/mol. The second kappa shape index (κ2) is 6.74. The maximum Gasteiger partial charge on any atom is 0.0590 e. The van der Waals surface area contributed by atoms with Gasteiger partial charge < -0.3 is 15.4 Å². The van der Waals surface area contributed by atoms with Gasteiger partial charge in [-0.15, -0.1) is 0 Å². The molecule has 0 aliphatic carbocycles. The number of ether oxygens (including phenoxy) is 1. The second-order valence-electron chi connectivity index (χ2n) is 4.37. The molecule has 0 spiro atoms. The van der Waals surface area contributed by atoms with Crippen LogP contribution in [0.15, 0.2) is 24.3 Å². The molecule has 3 heteroatoms. The Morgan fingerprint density at radius 2 is 2.29 bits per heavy atom. The van der Waals surface area contributed by atoms with Crippen LogP contribution in [0.25, 0.3) is 0 Å². The zero-order valence-electron chi connectivity index (χ0n) is 10.5. The molecule has 94 valence electrons. The summed E-state index contributed by atoms with van der Waals surface area (Å²) >= 11 is 0. The molecule has 0 saturated carbocycles. The summed E-state index contributed by atoms with van der Waals surface area (Å²) in [5.41, 5.74) is 2.85. The Morgan fingerprint density at radius 1 is 1.41 bits per heavy atom. The Bertz CT molecular complexity index is 341. The first-order valence-electron chi connectivity index (χ1n) is 6.51. The van der Waals surface area contributed by atoms with Gasteiger partial charge in [-0.1, -0.05) is 24.3 Å². The van der Waals surface area contributed by atoms with E-state index in [1.165, 1.54) is 11.1 Å². The van der Waals surface area contributed by atoms with Gasteiger partial charge in [0.15, 0.2) is 0 Å². The smallest absolute Gasteiger partial charge is 0.0590 e. The van der Waals surface area contributed by atoms with Crippen LogP contribution in [0, 0.1) is 0 Å². The van der Waals surface area contributed by atoms with Gasteiger partial charge in [-0.05, 0) is 31.0 Å². The van der Waals surface area contributed by atoms with E-state index in [0.717, 1.165) is 39.3 Å². The van der Waals surface area contributed by atoms with E-state index in [9.17, 15) is 0 Å². The van der Waals surface area contributed by atoms with Crippen molar-refractivity contribution in [3.05, 3.63) is 35.4 Å². The Hall–Kier alpha value is -0.900. The highest BCUT2D eigenvalue weighted by Gasteiger charge is 2.16. The third-order valence-electron chi connectivity index (χ3n) is 3.20. The molecule has 0 fully saturated rings. The van der Waals surface area contributed by atoms with Gasteiger partial charge in [-0.3, -0.25) is 0 Å². The summed E-state index contributed by atoms with van der Waals surface area (Å²) in [6, 6.07) is 9.15. The summed E-state index contributed by atoms with van der Waals surface area (Å²) in [4.78, 5) is 0. The van der Waals surface area contributed by atoms with Gasteiger partial charge in [0.25, 0.3) is 0 Å². The van der Waals surface area contributed by atoms with Crippen LogP contribution in [0.1, 0.15) is 30.5 Å². The molecule has 2 rings (SSSR count). The molecule has 1 aliphatic rings. The van der Waals surface area contributed by atoms with Gasteiger partial charge in [-0.2, -0.15) is 0 Å². The maximum absolute atomic E-state index is 5.37. The van der Waals surface area contributed by atoms with Crippen LogP contribution in [0.4, 0.5) is 0 Å². The molecule has 1 aromatic rings. The minimum atomic E-state index is 0.460. The highest BCUT2D eigenvalue weighted by atomic mass is 16.5. The minimum absolute atomic E-state index is 0.460. The summed E-state index contributed by atoms with van der Waals surface area (Å²) < 4.78 is 5.37. The van der Waals surface area contributed by atoms with Crippen molar-refractivity contribution in [3.8, 4) is 0 Å². The van der Waals surface area contributed by atoms with Crippen molar-refractivity contribution in [2.75, 3.05) is 26.3 Å². The van der Waals surface area contributed by atoms with Gasteiger partial charge >= 0.3 is 0 Å². The predicted molar refractivity (Wildman–Crippen MR) is 70.0 cm³/mol. The van der Waals surface area contributed by atoms with Gasteiger partial charge in [0.05, 0.1) is 6.61 Å². The van der Waals surface area contributed by atoms with Crippen LogP contribution in [0.3, 0.4) is 0 Å². The van der Waals surface area contributed by atoms with E-state index >= 15 is 0 Å².